The second-order valence-electron chi connectivity index (χ2n) is 5.50. The van der Waals surface area contributed by atoms with Crippen molar-refractivity contribution in [2.75, 3.05) is 0 Å². The fraction of sp³-hybridized carbons (Fsp3) is 0.333. The van der Waals surface area contributed by atoms with Crippen molar-refractivity contribution in [2.45, 2.75) is 38.0 Å². The molecule has 0 amide bonds. The molecule has 0 radical (unpaired) electrons. The second kappa shape index (κ2) is 6.41. The van der Waals surface area contributed by atoms with E-state index < -0.39 is 0 Å². The van der Waals surface area contributed by atoms with Gasteiger partial charge in [-0.25, -0.2) is 4.98 Å². The number of rotatable bonds is 3. The van der Waals surface area contributed by atoms with Crippen LogP contribution in [0, 0.1) is 11.3 Å². The van der Waals surface area contributed by atoms with E-state index in [9.17, 15) is 0 Å². The van der Waals surface area contributed by atoms with Crippen LogP contribution in [0.25, 0.3) is 0 Å². The minimum absolute atomic E-state index is 0.513. The molecule has 21 heavy (non-hydrogen) atoms. The van der Waals surface area contributed by atoms with Crippen LogP contribution < -0.4 is 4.74 Å². The molecule has 0 atom stereocenters. The highest BCUT2D eigenvalue weighted by molar-refractivity contribution is 5.34. The first-order valence-electron chi connectivity index (χ1n) is 7.49. The van der Waals surface area contributed by atoms with Crippen molar-refractivity contribution in [2.24, 2.45) is 0 Å². The van der Waals surface area contributed by atoms with Crippen molar-refractivity contribution < 1.29 is 4.74 Å². The van der Waals surface area contributed by atoms with Crippen LogP contribution in [-0.2, 0) is 0 Å². The molecule has 1 aromatic heterocycles. The quantitative estimate of drug-likeness (QED) is 0.810. The van der Waals surface area contributed by atoms with Gasteiger partial charge in [-0.2, -0.15) is 5.26 Å². The number of ether oxygens (including phenoxy) is 1. The standard InChI is InChI=1S/C18H18N2O/c19-12-14-6-11-18(20-13-14)21-17-9-7-16(8-10-17)15-4-2-1-3-5-15/h6-11,13,15H,1-5H2. The van der Waals surface area contributed by atoms with Crippen LogP contribution in [-0.4, -0.2) is 4.98 Å². The van der Waals surface area contributed by atoms with Crippen molar-refractivity contribution in [3.05, 3.63) is 53.7 Å². The lowest BCUT2D eigenvalue weighted by Gasteiger charge is -2.22. The van der Waals surface area contributed by atoms with E-state index >= 15 is 0 Å². The van der Waals surface area contributed by atoms with Crippen LogP contribution in [0.3, 0.4) is 0 Å². The van der Waals surface area contributed by atoms with E-state index in [1.165, 1.54) is 43.9 Å². The topological polar surface area (TPSA) is 45.9 Å². The minimum atomic E-state index is 0.513. The molecule has 0 N–H and O–H groups in total. The maximum absolute atomic E-state index is 8.74. The van der Waals surface area contributed by atoms with Crippen molar-refractivity contribution in [3.8, 4) is 17.7 Å². The van der Waals surface area contributed by atoms with Gasteiger partial charge in [-0.05, 0) is 42.5 Å². The molecule has 0 unspecified atom stereocenters. The van der Waals surface area contributed by atoms with Gasteiger partial charge < -0.3 is 4.74 Å². The van der Waals surface area contributed by atoms with Gasteiger partial charge in [-0.15, -0.1) is 0 Å². The number of pyridine rings is 1. The van der Waals surface area contributed by atoms with Gasteiger partial charge in [0.2, 0.25) is 5.88 Å². The van der Waals surface area contributed by atoms with Gasteiger partial charge in [0.25, 0.3) is 0 Å². The van der Waals surface area contributed by atoms with Crippen LogP contribution in [0.5, 0.6) is 11.6 Å². The molecular weight excluding hydrogens is 260 g/mol. The van der Waals surface area contributed by atoms with Crippen LogP contribution in [0.1, 0.15) is 49.1 Å². The molecule has 1 aliphatic carbocycles. The molecule has 1 heterocycles. The summed E-state index contributed by atoms with van der Waals surface area (Å²) in [5, 5.41) is 8.74. The lowest BCUT2D eigenvalue weighted by Crippen LogP contribution is -2.04. The largest absolute Gasteiger partial charge is 0.439 e. The van der Waals surface area contributed by atoms with E-state index in [1.807, 2.05) is 18.2 Å². The summed E-state index contributed by atoms with van der Waals surface area (Å²) in [6, 6.07) is 13.8. The predicted molar refractivity (Wildman–Crippen MR) is 81.3 cm³/mol. The average Bonchev–Trinajstić information content (AvgIpc) is 2.57. The molecule has 0 aliphatic heterocycles. The van der Waals surface area contributed by atoms with Gasteiger partial charge in [0.15, 0.2) is 0 Å². The summed E-state index contributed by atoms with van der Waals surface area (Å²) in [5.41, 5.74) is 1.95. The van der Waals surface area contributed by atoms with E-state index in [-0.39, 0.29) is 0 Å². The second-order valence-corrected chi connectivity index (χ2v) is 5.50. The summed E-state index contributed by atoms with van der Waals surface area (Å²) in [4.78, 5) is 4.11. The Morgan fingerprint density at radius 2 is 1.76 bits per heavy atom. The summed E-state index contributed by atoms with van der Waals surface area (Å²) >= 11 is 0. The van der Waals surface area contributed by atoms with Gasteiger partial charge in [0.1, 0.15) is 11.8 Å². The Morgan fingerprint density at radius 1 is 1.00 bits per heavy atom. The Hall–Kier alpha value is -2.34. The Bertz CT molecular complexity index is 620. The molecule has 1 aliphatic rings. The van der Waals surface area contributed by atoms with E-state index in [1.54, 1.807) is 12.1 Å². The SMILES string of the molecule is N#Cc1ccc(Oc2ccc(C3CCCCC3)cc2)nc1. The molecule has 0 saturated heterocycles. The lowest BCUT2D eigenvalue weighted by atomic mass is 9.84. The van der Waals surface area contributed by atoms with Gasteiger partial charge in [-0.1, -0.05) is 31.4 Å². The van der Waals surface area contributed by atoms with Crippen molar-refractivity contribution in [1.29, 1.82) is 5.26 Å². The molecule has 0 bridgehead atoms. The molecule has 1 saturated carbocycles. The van der Waals surface area contributed by atoms with Crippen molar-refractivity contribution in [1.82, 2.24) is 4.98 Å². The van der Waals surface area contributed by atoms with Gasteiger partial charge in [0, 0.05) is 12.3 Å². The van der Waals surface area contributed by atoms with E-state index in [0.29, 0.717) is 17.4 Å². The zero-order chi connectivity index (χ0) is 14.5. The Kier molecular flexibility index (Phi) is 4.16. The third-order valence-corrected chi connectivity index (χ3v) is 4.04. The molecule has 106 valence electrons. The Morgan fingerprint density at radius 3 is 2.38 bits per heavy atom. The van der Waals surface area contributed by atoms with Gasteiger partial charge >= 0.3 is 0 Å². The molecule has 3 heteroatoms. The minimum Gasteiger partial charge on any atom is -0.439 e. The van der Waals surface area contributed by atoms with E-state index in [0.717, 1.165) is 5.75 Å². The van der Waals surface area contributed by atoms with Crippen LogP contribution in [0.4, 0.5) is 0 Å². The number of aromatic nitrogens is 1. The maximum Gasteiger partial charge on any atom is 0.219 e. The lowest BCUT2D eigenvalue weighted by molar-refractivity contribution is 0.441. The fourth-order valence-corrected chi connectivity index (χ4v) is 2.87. The highest BCUT2D eigenvalue weighted by Gasteiger charge is 2.15. The molecule has 2 aromatic rings. The van der Waals surface area contributed by atoms with E-state index in [4.69, 9.17) is 10.00 Å². The number of nitriles is 1. The highest BCUT2D eigenvalue weighted by Crippen LogP contribution is 2.33. The van der Waals surface area contributed by atoms with Gasteiger partial charge in [-0.3, -0.25) is 0 Å². The van der Waals surface area contributed by atoms with Crippen LogP contribution in [0.2, 0.25) is 0 Å². The number of benzene rings is 1. The molecule has 1 aromatic carbocycles. The van der Waals surface area contributed by atoms with Gasteiger partial charge in [0.05, 0.1) is 5.56 Å². The summed E-state index contributed by atoms with van der Waals surface area (Å²) in [6.07, 6.45) is 8.19. The number of nitrogens with zero attached hydrogens (tertiary/aromatic N) is 2. The molecule has 1 fully saturated rings. The molecular formula is C18H18N2O. The zero-order valence-electron chi connectivity index (χ0n) is 12.0. The monoisotopic (exact) mass is 278 g/mol. The third-order valence-electron chi connectivity index (χ3n) is 4.04. The summed E-state index contributed by atoms with van der Waals surface area (Å²) in [7, 11) is 0. The first-order chi connectivity index (χ1) is 10.3. The van der Waals surface area contributed by atoms with Crippen molar-refractivity contribution >= 4 is 0 Å². The maximum atomic E-state index is 8.74. The third kappa shape index (κ3) is 3.41. The molecule has 3 rings (SSSR count). The average molecular weight is 278 g/mol. The summed E-state index contributed by atoms with van der Waals surface area (Å²) in [6.45, 7) is 0. The van der Waals surface area contributed by atoms with Crippen LogP contribution >= 0.6 is 0 Å². The predicted octanol–water partition coefficient (Wildman–Crippen LogP) is 4.79. The molecule has 3 nitrogen and oxygen atoms in total. The first kappa shape index (κ1) is 13.6. The van der Waals surface area contributed by atoms with E-state index in [2.05, 4.69) is 17.1 Å². The first-order valence-corrected chi connectivity index (χ1v) is 7.49. The van der Waals surface area contributed by atoms with Crippen molar-refractivity contribution in [3.63, 3.8) is 0 Å². The zero-order valence-corrected chi connectivity index (χ0v) is 12.0. The normalized spacial score (nSPS) is 15.4. The molecule has 0 spiro atoms. The Labute approximate surface area is 125 Å². The Balaban J connectivity index is 1.67. The highest BCUT2D eigenvalue weighted by atomic mass is 16.5. The van der Waals surface area contributed by atoms with Crippen LogP contribution in [0.15, 0.2) is 42.6 Å². The summed E-state index contributed by atoms with van der Waals surface area (Å²) in [5.74, 6) is 2.01. The number of hydrogen-bond donors (Lipinski definition) is 0. The smallest absolute Gasteiger partial charge is 0.219 e. The fourth-order valence-electron chi connectivity index (χ4n) is 2.87. The summed E-state index contributed by atoms with van der Waals surface area (Å²) < 4.78 is 5.70. The number of hydrogen-bond acceptors (Lipinski definition) is 3.